The first-order valence-electron chi connectivity index (χ1n) is 7.27. The number of hydrogen-bond donors (Lipinski definition) is 3. The van der Waals surface area contributed by atoms with Crippen molar-refractivity contribution in [3.63, 3.8) is 0 Å². The molecule has 6 nitrogen and oxygen atoms in total. The molecule has 20 heavy (non-hydrogen) atoms. The Morgan fingerprint density at radius 3 is 2.30 bits per heavy atom. The van der Waals surface area contributed by atoms with Gasteiger partial charge in [-0.2, -0.15) is 0 Å². The molecule has 0 aliphatic heterocycles. The molecule has 0 saturated heterocycles. The highest BCUT2D eigenvalue weighted by Gasteiger charge is 2.19. The molecule has 0 aliphatic carbocycles. The maximum Gasteiger partial charge on any atom is 0.315 e. The van der Waals surface area contributed by atoms with E-state index in [0.29, 0.717) is 19.6 Å². The van der Waals surface area contributed by atoms with Gasteiger partial charge in [-0.25, -0.2) is 4.79 Å². The number of carbonyl (C=O) groups excluding carboxylic acids is 1. The Morgan fingerprint density at radius 2 is 1.85 bits per heavy atom. The Bertz CT molecular complexity index is 295. The van der Waals surface area contributed by atoms with E-state index in [1.165, 1.54) is 0 Å². The minimum Gasteiger partial charge on any atom is -0.481 e. The average molecular weight is 288 g/mol. The van der Waals surface area contributed by atoms with Crippen molar-refractivity contribution in [3.8, 4) is 0 Å². The number of ether oxygens (including phenoxy) is 1. The zero-order valence-corrected chi connectivity index (χ0v) is 12.9. The third-order valence-corrected chi connectivity index (χ3v) is 3.02. The van der Waals surface area contributed by atoms with Gasteiger partial charge in [0.15, 0.2) is 0 Å². The van der Waals surface area contributed by atoms with Gasteiger partial charge in [-0.05, 0) is 19.3 Å². The first kappa shape index (κ1) is 18.7. The normalized spacial score (nSPS) is 13.8. The van der Waals surface area contributed by atoms with Crippen molar-refractivity contribution >= 4 is 12.0 Å². The van der Waals surface area contributed by atoms with Crippen LogP contribution < -0.4 is 10.6 Å². The second-order valence-electron chi connectivity index (χ2n) is 5.21. The standard InChI is InChI=1S/C14H28N2O4/c1-5-7-11(8-13(17)18)15-14(19)16-12(10(3)4)9-20-6-2/h10-12H,5-9H2,1-4H3,(H,17,18)(H2,15,16,19). The SMILES string of the molecule is CCCC(CC(=O)O)NC(=O)NC(COCC)C(C)C. The highest BCUT2D eigenvalue weighted by molar-refractivity contribution is 5.76. The molecule has 2 unspecified atom stereocenters. The summed E-state index contributed by atoms with van der Waals surface area (Å²) in [6.45, 7) is 8.93. The lowest BCUT2D eigenvalue weighted by Crippen LogP contribution is -2.50. The number of amides is 2. The van der Waals surface area contributed by atoms with Gasteiger partial charge in [0.1, 0.15) is 0 Å². The predicted octanol–water partition coefficient (Wildman–Crippen LogP) is 1.99. The van der Waals surface area contributed by atoms with Gasteiger partial charge in [0.05, 0.1) is 19.1 Å². The maximum atomic E-state index is 11.9. The maximum absolute atomic E-state index is 11.9. The van der Waals surface area contributed by atoms with Crippen LogP contribution in [0.15, 0.2) is 0 Å². The summed E-state index contributed by atoms with van der Waals surface area (Å²) >= 11 is 0. The fraction of sp³-hybridized carbons (Fsp3) is 0.857. The molecule has 0 aromatic rings. The molecule has 0 saturated carbocycles. The van der Waals surface area contributed by atoms with E-state index in [1.54, 1.807) is 0 Å². The molecule has 0 spiro atoms. The van der Waals surface area contributed by atoms with Crippen molar-refractivity contribution in [3.05, 3.63) is 0 Å². The van der Waals surface area contributed by atoms with Gasteiger partial charge >= 0.3 is 12.0 Å². The minimum absolute atomic E-state index is 0.0565. The molecular formula is C14H28N2O4. The minimum atomic E-state index is -0.904. The molecule has 3 N–H and O–H groups in total. The van der Waals surface area contributed by atoms with Gasteiger partial charge in [0.2, 0.25) is 0 Å². The zero-order chi connectivity index (χ0) is 15.5. The highest BCUT2D eigenvalue weighted by atomic mass is 16.5. The van der Waals surface area contributed by atoms with Gasteiger partial charge in [0, 0.05) is 12.6 Å². The van der Waals surface area contributed by atoms with Crippen LogP contribution in [0.25, 0.3) is 0 Å². The number of rotatable bonds is 10. The van der Waals surface area contributed by atoms with E-state index in [9.17, 15) is 9.59 Å². The fourth-order valence-electron chi connectivity index (χ4n) is 1.83. The number of nitrogens with one attached hydrogen (secondary N) is 2. The molecule has 0 bridgehead atoms. The lowest BCUT2D eigenvalue weighted by Gasteiger charge is -2.24. The molecule has 2 amide bonds. The number of carboxylic acid groups (broad SMARTS) is 1. The molecule has 0 aromatic heterocycles. The van der Waals surface area contributed by atoms with E-state index in [0.717, 1.165) is 6.42 Å². The summed E-state index contributed by atoms with van der Waals surface area (Å²) in [6.07, 6.45) is 1.42. The average Bonchev–Trinajstić information content (AvgIpc) is 2.33. The topological polar surface area (TPSA) is 87.7 Å². The number of carbonyl (C=O) groups is 2. The van der Waals surface area contributed by atoms with Crippen molar-refractivity contribution in [2.24, 2.45) is 5.92 Å². The van der Waals surface area contributed by atoms with Crippen molar-refractivity contribution < 1.29 is 19.4 Å². The summed E-state index contributed by atoms with van der Waals surface area (Å²) in [5, 5.41) is 14.4. The monoisotopic (exact) mass is 288 g/mol. The molecule has 0 rings (SSSR count). The fourth-order valence-corrected chi connectivity index (χ4v) is 1.83. The summed E-state index contributed by atoms with van der Waals surface area (Å²) < 4.78 is 5.34. The number of hydrogen-bond acceptors (Lipinski definition) is 3. The van der Waals surface area contributed by atoms with E-state index in [2.05, 4.69) is 10.6 Å². The third-order valence-electron chi connectivity index (χ3n) is 3.02. The zero-order valence-electron chi connectivity index (χ0n) is 12.9. The highest BCUT2D eigenvalue weighted by Crippen LogP contribution is 2.04. The Hall–Kier alpha value is -1.30. The van der Waals surface area contributed by atoms with Crippen LogP contribution >= 0.6 is 0 Å². The predicted molar refractivity (Wildman–Crippen MR) is 77.7 cm³/mol. The van der Waals surface area contributed by atoms with Crippen LogP contribution in [0, 0.1) is 5.92 Å². The lowest BCUT2D eigenvalue weighted by atomic mass is 10.1. The number of urea groups is 1. The van der Waals surface area contributed by atoms with Gasteiger partial charge in [-0.3, -0.25) is 4.79 Å². The molecule has 0 aromatic carbocycles. The molecule has 0 aliphatic rings. The first-order valence-corrected chi connectivity index (χ1v) is 7.27. The van der Waals surface area contributed by atoms with Crippen molar-refractivity contribution in [2.45, 2.75) is 59.0 Å². The molecule has 118 valence electrons. The van der Waals surface area contributed by atoms with Crippen LogP contribution in [-0.4, -0.2) is 42.4 Å². The molecule has 0 heterocycles. The van der Waals surface area contributed by atoms with E-state index >= 15 is 0 Å². The lowest BCUT2D eigenvalue weighted by molar-refractivity contribution is -0.137. The largest absolute Gasteiger partial charge is 0.481 e. The molecular weight excluding hydrogens is 260 g/mol. The van der Waals surface area contributed by atoms with E-state index < -0.39 is 5.97 Å². The molecule has 6 heteroatoms. The van der Waals surface area contributed by atoms with Crippen LogP contribution in [0.4, 0.5) is 4.79 Å². The van der Waals surface area contributed by atoms with Crippen LogP contribution in [-0.2, 0) is 9.53 Å². The quantitative estimate of drug-likeness (QED) is 0.573. The van der Waals surface area contributed by atoms with Crippen molar-refractivity contribution in [2.75, 3.05) is 13.2 Å². The molecule has 0 radical (unpaired) electrons. The smallest absolute Gasteiger partial charge is 0.315 e. The van der Waals surface area contributed by atoms with Crippen molar-refractivity contribution in [1.82, 2.24) is 10.6 Å². The Kier molecular flexibility index (Phi) is 9.80. The second-order valence-corrected chi connectivity index (χ2v) is 5.21. The van der Waals surface area contributed by atoms with Crippen LogP contribution in [0.2, 0.25) is 0 Å². The summed E-state index contributed by atoms with van der Waals surface area (Å²) in [4.78, 5) is 22.7. The molecule has 2 atom stereocenters. The summed E-state index contributed by atoms with van der Waals surface area (Å²) in [5.74, 6) is -0.658. The Labute approximate surface area is 121 Å². The van der Waals surface area contributed by atoms with Gasteiger partial charge in [0.25, 0.3) is 0 Å². The Morgan fingerprint density at radius 1 is 1.20 bits per heavy atom. The van der Waals surface area contributed by atoms with E-state index in [-0.39, 0.29) is 30.5 Å². The van der Waals surface area contributed by atoms with E-state index in [1.807, 2.05) is 27.7 Å². The van der Waals surface area contributed by atoms with Crippen LogP contribution in [0.1, 0.15) is 47.0 Å². The number of carboxylic acids is 1. The van der Waals surface area contributed by atoms with Gasteiger partial charge < -0.3 is 20.5 Å². The van der Waals surface area contributed by atoms with Crippen LogP contribution in [0.5, 0.6) is 0 Å². The molecule has 0 fully saturated rings. The third kappa shape index (κ3) is 8.74. The van der Waals surface area contributed by atoms with E-state index in [4.69, 9.17) is 9.84 Å². The Balaban J connectivity index is 4.35. The summed E-state index contributed by atoms with van der Waals surface area (Å²) in [5.41, 5.74) is 0. The number of aliphatic carboxylic acids is 1. The van der Waals surface area contributed by atoms with Crippen molar-refractivity contribution in [1.29, 1.82) is 0 Å². The summed E-state index contributed by atoms with van der Waals surface area (Å²) in [6, 6.07) is -0.748. The van der Waals surface area contributed by atoms with Gasteiger partial charge in [-0.15, -0.1) is 0 Å². The van der Waals surface area contributed by atoms with Gasteiger partial charge in [-0.1, -0.05) is 27.2 Å². The first-order chi connectivity index (χ1) is 9.40. The van der Waals surface area contributed by atoms with Crippen LogP contribution in [0.3, 0.4) is 0 Å². The summed E-state index contributed by atoms with van der Waals surface area (Å²) in [7, 11) is 0. The second kappa shape index (κ2) is 10.5.